The minimum absolute atomic E-state index is 0.133. The van der Waals surface area contributed by atoms with Gasteiger partial charge in [-0.15, -0.1) is 0 Å². The van der Waals surface area contributed by atoms with E-state index in [9.17, 15) is 24.6 Å². The average Bonchev–Trinajstić information content (AvgIpc) is 3.02. The summed E-state index contributed by atoms with van der Waals surface area (Å²) in [6, 6.07) is -0.923. The number of nitrogens with one attached hydrogen (secondary N) is 1. The second-order valence-electron chi connectivity index (χ2n) is 11.5. The van der Waals surface area contributed by atoms with Gasteiger partial charge >= 0.3 is 17.9 Å². The van der Waals surface area contributed by atoms with Gasteiger partial charge in [-0.1, -0.05) is 77.6 Å². The monoisotopic (exact) mass is 650 g/mol. The predicted octanol–water partition coefficient (Wildman–Crippen LogP) is 3.11. The Hall–Kier alpha value is -1.83. The minimum atomic E-state index is -0.783. The van der Waals surface area contributed by atoms with Gasteiger partial charge in [-0.3, -0.25) is 19.3 Å². The van der Waals surface area contributed by atoms with Crippen molar-refractivity contribution in [2.24, 2.45) is 0 Å². The predicted molar refractivity (Wildman–Crippen MR) is 175 cm³/mol. The summed E-state index contributed by atoms with van der Waals surface area (Å²) in [7, 11) is 2.64. The number of hydrogen-bond acceptors (Lipinski definition) is 12. The van der Waals surface area contributed by atoms with Gasteiger partial charge in [0.2, 0.25) is 0 Å². The number of nitrogens with zero attached hydrogens (tertiary/aromatic N) is 1. The van der Waals surface area contributed by atoms with Crippen LogP contribution < -0.4 is 5.32 Å². The van der Waals surface area contributed by atoms with Crippen molar-refractivity contribution in [3.63, 3.8) is 0 Å². The van der Waals surface area contributed by atoms with Crippen LogP contribution in [0, 0.1) is 0 Å². The third-order valence-corrected chi connectivity index (χ3v) is 7.65. The smallest absolute Gasteiger partial charge is 0.307 e. The van der Waals surface area contributed by atoms with Gasteiger partial charge in [0.05, 0.1) is 77.6 Å². The molecule has 0 fully saturated rings. The molecule has 0 rings (SSSR count). The highest BCUT2D eigenvalue weighted by Crippen LogP contribution is 2.12. The largest absolute Gasteiger partial charge is 0.469 e. The molecule has 0 radical (unpaired) electrons. The molecule has 0 saturated carbocycles. The van der Waals surface area contributed by atoms with Crippen LogP contribution >= 0.6 is 0 Å². The molecular weight excluding hydrogens is 584 g/mol. The summed E-state index contributed by atoms with van der Waals surface area (Å²) in [6.07, 6.45) is 14.3. The third-order valence-electron chi connectivity index (χ3n) is 7.65. The second kappa shape index (κ2) is 32.1. The fourth-order valence-electron chi connectivity index (χ4n) is 4.64. The van der Waals surface area contributed by atoms with E-state index in [1.807, 2.05) is 0 Å². The van der Waals surface area contributed by atoms with E-state index in [0.29, 0.717) is 26.2 Å². The number of ether oxygens (including phenoxy) is 3. The Labute approximate surface area is 272 Å². The molecule has 12 nitrogen and oxygen atoms in total. The summed E-state index contributed by atoms with van der Waals surface area (Å²) in [5.74, 6) is -0.972. The molecule has 0 aromatic rings. The van der Waals surface area contributed by atoms with E-state index in [0.717, 1.165) is 12.8 Å². The maximum absolute atomic E-state index is 12.1. The van der Waals surface area contributed by atoms with Crippen LogP contribution in [-0.2, 0) is 28.6 Å². The molecule has 0 aromatic heterocycles. The van der Waals surface area contributed by atoms with E-state index in [4.69, 9.17) is 14.9 Å². The maximum atomic E-state index is 12.1. The molecule has 12 heteroatoms. The first-order valence-corrected chi connectivity index (χ1v) is 16.9. The number of aliphatic hydroxyl groups excluding tert-OH is 4. The Morgan fingerprint density at radius 2 is 1.13 bits per heavy atom. The number of methoxy groups -OCH3 is 2. The van der Waals surface area contributed by atoms with Crippen LogP contribution in [0.25, 0.3) is 0 Å². The van der Waals surface area contributed by atoms with Crippen LogP contribution in [-0.4, -0.2) is 121 Å². The zero-order valence-corrected chi connectivity index (χ0v) is 28.8. The molecule has 4 atom stereocenters. The van der Waals surface area contributed by atoms with E-state index < -0.39 is 18.2 Å². The lowest BCUT2D eigenvalue weighted by molar-refractivity contribution is -0.144. The van der Waals surface area contributed by atoms with Crippen LogP contribution in [0.3, 0.4) is 0 Å². The molecule has 45 heavy (non-hydrogen) atoms. The molecular formula is C33H66N2O10. The molecule has 0 bridgehead atoms. The summed E-state index contributed by atoms with van der Waals surface area (Å²) in [6.45, 7) is 6.42. The fourth-order valence-corrected chi connectivity index (χ4v) is 4.64. The summed E-state index contributed by atoms with van der Waals surface area (Å²) >= 11 is 0. The molecule has 268 valence electrons. The van der Waals surface area contributed by atoms with E-state index >= 15 is 0 Å². The lowest BCUT2D eigenvalue weighted by atomic mass is 10.1. The first-order valence-electron chi connectivity index (χ1n) is 16.9. The van der Waals surface area contributed by atoms with Gasteiger partial charge in [0, 0.05) is 19.6 Å². The number of carbonyl (C=O) groups excluding carboxylic acids is 3. The van der Waals surface area contributed by atoms with Crippen molar-refractivity contribution in [2.45, 2.75) is 141 Å². The zero-order chi connectivity index (χ0) is 34.3. The van der Waals surface area contributed by atoms with Crippen molar-refractivity contribution < 1.29 is 49.0 Å². The molecule has 0 amide bonds. The number of hydrogen-bond donors (Lipinski definition) is 5. The molecule has 0 aliphatic heterocycles. The highest BCUT2D eigenvalue weighted by Gasteiger charge is 2.24. The quantitative estimate of drug-likeness (QED) is 0.0476. The van der Waals surface area contributed by atoms with Crippen molar-refractivity contribution in [1.29, 1.82) is 0 Å². The van der Waals surface area contributed by atoms with E-state index in [2.05, 4.69) is 21.7 Å². The average molecular weight is 651 g/mol. The van der Waals surface area contributed by atoms with Crippen LogP contribution in [0.1, 0.15) is 117 Å². The molecule has 0 saturated heterocycles. The standard InChI is InChI=1S/C25H49NO6.C8H17NO4/c1-4-5-6-7-8-9-10-11-12-13-14-15-20-32-25(30)17-19-26(18-16-24(29)31-3)23(21-27)22(2)28;1-6(11)7(5-10)9-4-3-8(12)13-2/h22-23,27-28H,4-21H2,1-3H3;6-7,9-11H,3-5H2,1-2H3/t22-,23-;6-,7-/m00/s1. The highest BCUT2D eigenvalue weighted by atomic mass is 16.5. The summed E-state index contributed by atoms with van der Waals surface area (Å²) in [5, 5.41) is 40.1. The molecule has 5 N–H and O–H groups in total. The topological polar surface area (TPSA) is 175 Å². The van der Waals surface area contributed by atoms with Crippen LogP contribution in [0.4, 0.5) is 0 Å². The molecule has 0 aromatic carbocycles. The summed E-state index contributed by atoms with van der Waals surface area (Å²) in [4.78, 5) is 35.9. The number of esters is 3. The molecule has 0 aliphatic rings. The van der Waals surface area contributed by atoms with Gasteiger partial charge < -0.3 is 40.0 Å². The molecule has 0 unspecified atom stereocenters. The number of rotatable bonds is 28. The van der Waals surface area contributed by atoms with Crippen LogP contribution in [0.15, 0.2) is 0 Å². The number of carbonyl (C=O) groups is 3. The lowest BCUT2D eigenvalue weighted by Gasteiger charge is -2.31. The minimum Gasteiger partial charge on any atom is -0.469 e. The SMILES string of the molecule is CCCCCCCCCCCCCCOC(=O)CCN(CCC(=O)OC)[C@@H](CO)[C@H](C)O.COC(=O)CCN[C@@H](CO)[C@H](C)O. The number of unbranched alkanes of at least 4 members (excludes halogenated alkanes) is 11. The van der Waals surface area contributed by atoms with Crippen molar-refractivity contribution in [3.05, 3.63) is 0 Å². The van der Waals surface area contributed by atoms with Crippen LogP contribution in [0.2, 0.25) is 0 Å². The lowest BCUT2D eigenvalue weighted by Crippen LogP contribution is -2.46. The van der Waals surface area contributed by atoms with Gasteiger partial charge in [0.25, 0.3) is 0 Å². The summed E-state index contributed by atoms with van der Waals surface area (Å²) < 4.78 is 14.4. The van der Waals surface area contributed by atoms with Gasteiger partial charge in [-0.05, 0) is 20.3 Å². The van der Waals surface area contributed by atoms with Gasteiger partial charge in [0.1, 0.15) is 0 Å². The molecule has 0 spiro atoms. The van der Waals surface area contributed by atoms with Crippen molar-refractivity contribution in [3.8, 4) is 0 Å². The zero-order valence-electron chi connectivity index (χ0n) is 28.8. The first-order chi connectivity index (χ1) is 21.6. The van der Waals surface area contributed by atoms with E-state index in [-0.39, 0.29) is 56.4 Å². The molecule has 0 heterocycles. The second-order valence-corrected chi connectivity index (χ2v) is 11.5. The Bertz CT molecular complexity index is 709. The van der Waals surface area contributed by atoms with E-state index in [1.54, 1.807) is 18.7 Å². The Kier molecular flexibility index (Phi) is 32.3. The number of aliphatic hydroxyl groups is 4. The Morgan fingerprint density at radius 1 is 0.667 bits per heavy atom. The maximum Gasteiger partial charge on any atom is 0.307 e. The van der Waals surface area contributed by atoms with Crippen LogP contribution in [0.5, 0.6) is 0 Å². The normalized spacial score (nSPS) is 13.7. The Balaban J connectivity index is 0. The van der Waals surface area contributed by atoms with Gasteiger partial charge in [-0.2, -0.15) is 0 Å². The van der Waals surface area contributed by atoms with Crippen molar-refractivity contribution in [2.75, 3.05) is 53.7 Å². The molecule has 0 aliphatic carbocycles. The van der Waals surface area contributed by atoms with E-state index in [1.165, 1.54) is 78.4 Å². The summed E-state index contributed by atoms with van der Waals surface area (Å²) in [5.41, 5.74) is 0. The highest BCUT2D eigenvalue weighted by molar-refractivity contribution is 5.70. The Morgan fingerprint density at radius 3 is 1.56 bits per heavy atom. The first kappa shape index (κ1) is 45.3. The van der Waals surface area contributed by atoms with Gasteiger partial charge in [0.15, 0.2) is 0 Å². The van der Waals surface area contributed by atoms with Crippen molar-refractivity contribution >= 4 is 17.9 Å². The van der Waals surface area contributed by atoms with Gasteiger partial charge in [-0.25, -0.2) is 0 Å². The fraction of sp³-hybridized carbons (Fsp3) is 0.909. The third kappa shape index (κ3) is 28.1. The van der Waals surface area contributed by atoms with Crippen molar-refractivity contribution in [1.82, 2.24) is 10.2 Å².